The lowest BCUT2D eigenvalue weighted by atomic mass is 9.96. The summed E-state index contributed by atoms with van der Waals surface area (Å²) in [5.41, 5.74) is 2.58. The van der Waals surface area contributed by atoms with Crippen LogP contribution in [-0.4, -0.2) is 39.4 Å². The fraction of sp³-hybridized carbons (Fsp3) is 0.318. The van der Waals surface area contributed by atoms with Crippen LogP contribution in [0.25, 0.3) is 10.9 Å². The number of carbonyl (C=O) groups excluding carboxylic acids is 2. The van der Waals surface area contributed by atoms with E-state index in [1.165, 1.54) is 0 Å². The number of hydrogen-bond acceptors (Lipinski definition) is 3. The Kier molecular flexibility index (Phi) is 4.86. The van der Waals surface area contributed by atoms with Crippen LogP contribution >= 0.6 is 0 Å². The molecule has 1 aliphatic rings. The Morgan fingerprint density at radius 1 is 1.14 bits per heavy atom. The number of carbonyl (C=O) groups is 2. The van der Waals surface area contributed by atoms with Gasteiger partial charge in [-0.1, -0.05) is 24.3 Å². The molecule has 6 heteroatoms. The lowest BCUT2D eigenvalue weighted by molar-refractivity contribution is -0.121. The van der Waals surface area contributed by atoms with Crippen molar-refractivity contribution in [3.63, 3.8) is 0 Å². The minimum Gasteiger partial charge on any atom is -0.350 e. The molecule has 144 valence electrons. The number of rotatable bonds is 3. The third-order valence-corrected chi connectivity index (χ3v) is 5.35. The lowest BCUT2D eigenvalue weighted by Gasteiger charge is -2.32. The summed E-state index contributed by atoms with van der Waals surface area (Å²) in [6.07, 6.45) is 3.47. The topological polar surface area (TPSA) is 67.2 Å². The Balaban J connectivity index is 1.50. The number of hydrogen-bond donors (Lipinski definition) is 1. The van der Waals surface area contributed by atoms with Gasteiger partial charge in [-0.3, -0.25) is 9.59 Å². The molecule has 0 saturated carbocycles. The van der Waals surface area contributed by atoms with Crippen LogP contribution in [0, 0.1) is 12.8 Å². The highest BCUT2D eigenvalue weighted by molar-refractivity contribution is 6.07. The van der Waals surface area contributed by atoms with Crippen LogP contribution < -0.4 is 5.32 Å². The predicted octanol–water partition coefficient (Wildman–Crippen LogP) is 3.37. The molecule has 28 heavy (non-hydrogen) atoms. The van der Waals surface area contributed by atoms with Crippen LogP contribution in [-0.2, 0) is 11.8 Å². The zero-order chi connectivity index (χ0) is 19.7. The molecule has 3 aromatic rings. The molecule has 3 heterocycles. The molecule has 2 aromatic heterocycles. The molecule has 1 aromatic carbocycles. The molecule has 6 nitrogen and oxygen atoms in total. The minimum absolute atomic E-state index is 0.0111. The number of anilines is 1. The Morgan fingerprint density at radius 3 is 2.79 bits per heavy atom. The summed E-state index contributed by atoms with van der Waals surface area (Å²) >= 11 is 0. The van der Waals surface area contributed by atoms with Crippen molar-refractivity contribution >= 4 is 28.5 Å². The number of fused-ring (bicyclic) bond motifs is 1. The summed E-state index contributed by atoms with van der Waals surface area (Å²) in [6.45, 7) is 3.00. The maximum atomic E-state index is 13.2. The van der Waals surface area contributed by atoms with Gasteiger partial charge in [-0.05, 0) is 38.0 Å². The number of aryl methyl sites for hydroxylation is 2. The molecule has 1 aliphatic heterocycles. The van der Waals surface area contributed by atoms with E-state index in [-0.39, 0.29) is 17.7 Å². The number of pyridine rings is 1. The van der Waals surface area contributed by atoms with Crippen molar-refractivity contribution < 1.29 is 9.59 Å². The molecule has 0 spiro atoms. The number of para-hydroxylation sites is 1. The van der Waals surface area contributed by atoms with Crippen LogP contribution in [0.3, 0.4) is 0 Å². The molecule has 0 aliphatic carbocycles. The average Bonchev–Trinajstić information content (AvgIpc) is 3.04. The molecule has 1 fully saturated rings. The maximum Gasteiger partial charge on any atom is 0.256 e. The number of amides is 2. The van der Waals surface area contributed by atoms with Gasteiger partial charge in [0.15, 0.2) is 0 Å². The molecule has 2 amide bonds. The van der Waals surface area contributed by atoms with E-state index < -0.39 is 0 Å². The number of nitrogens with zero attached hydrogens (tertiary/aromatic N) is 3. The quantitative estimate of drug-likeness (QED) is 0.762. The van der Waals surface area contributed by atoms with Gasteiger partial charge in [0.1, 0.15) is 5.82 Å². The normalized spacial score (nSPS) is 16.9. The highest BCUT2D eigenvalue weighted by Crippen LogP contribution is 2.25. The van der Waals surface area contributed by atoms with E-state index in [0.29, 0.717) is 24.5 Å². The first-order valence-electron chi connectivity index (χ1n) is 9.61. The summed E-state index contributed by atoms with van der Waals surface area (Å²) in [6, 6.07) is 13.4. The molecular formula is C22H24N4O2. The molecule has 1 N–H and O–H groups in total. The maximum absolute atomic E-state index is 13.2. The van der Waals surface area contributed by atoms with Gasteiger partial charge < -0.3 is 14.8 Å². The first-order valence-corrected chi connectivity index (χ1v) is 9.61. The molecule has 0 radical (unpaired) electrons. The van der Waals surface area contributed by atoms with Crippen LogP contribution in [0.5, 0.6) is 0 Å². The second-order valence-corrected chi connectivity index (χ2v) is 7.41. The molecular weight excluding hydrogens is 352 g/mol. The highest BCUT2D eigenvalue weighted by atomic mass is 16.2. The first kappa shape index (κ1) is 18.2. The van der Waals surface area contributed by atoms with E-state index in [1.54, 1.807) is 11.0 Å². The van der Waals surface area contributed by atoms with Gasteiger partial charge in [0.2, 0.25) is 5.91 Å². The van der Waals surface area contributed by atoms with Gasteiger partial charge in [-0.2, -0.15) is 0 Å². The SMILES string of the molecule is Cc1cccc(NC(=O)C2CCCN(C(=O)c3cn(C)c4ccccc34)C2)n1. The average molecular weight is 376 g/mol. The molecule has 4 rings (SSSR count). The predicted molar refractivity (Wildman–Crippen MR) is 109 cm³/mol. The third-order valence-electron chi connectivity index (χ3n) is 5.35. The summed E-state index contributed by atoms with van der Waals surface area (Å²) < 4.78 is 1.97. The molecule has 1 atom stereocenters. The van der Waals surface area contributed by atoms with Crippen LogP contribution in [0.2, 0.25) is 0 Å². The number of aromatic nitrogens is 2. The minimum atomic E-state index is -0.227. The van der Waals surface area contributed by atoms with Gasteiger partial charge >= 0.3 is 0 Å². The van der Waals surface area contributed by atoms with Crippen LogP contribution in [0.15, 0.2) is 48.7 Å². The zero-order valence-corrected chi connectivity index (χ0v) is 16.2. The van der Waals surface area contributed by atoms with Gasteiger partial charge in [0, 0.05) is 42.9 Å². The van der Waals surface area contributed by atoms with E-state index >= 15 is 0 Å². The number of nitrogens with one attached hydrogen (secondary N) is 1. The number of benzene rings is 1. The highest BCUT2D eigenvalue weighted by Gasteiger charge is 2.30. The number of likely N-dealkylation sites (tertiary alicyclic amines) is 1. The van der Waals surface area contributed by atoms with Crippen molar-refractivity contribution in [2.45, 2.75) is 19.8 Å². The molecule has 1 saturated heterocycles. The van der Waals surface area contributed by atoms with Crippen LogP contribution in [0.4, 0.5) is 5.82 Å². The van der Waals surface area contributed by atoms with E-state index in [2.05, 4.69) is 10.3 Å². The largest absolute Gasteiger partial charge is 0.350 e. The lowest BCUT2D eigenvalue weighted by Crippen LogP contribution is -2.43. The number of piperidine rings is 1. The van der Waals surface area contributed by atoms with Crippen molar-refractivity contribution in [1.82, 2.24) is 14.5 Å². The summed E-state index contributed by atoms with van der Waals surface area (Å²) in [5, 5.41) is 3.84. The van der Waals surface area contributed by atoms with E-state index in [9.17, 15) is 9.59 Å². The second-order valence-electron chi connectivity index (χ2n) is 7.41. The van der Waals surface area contributed by atoms with Crippen molar-refractivity contribution in [1.29, 1.82) is 0 Å². The van der Waals surface area contributed by atoms with Crippen molar-refractivity contribution in [2.24, 2.45) is 13.0 Å². The smallest absolute Gasteiger partial charge is 0.256 e. The Hall–Kier alpha value is -3.15. The Bertz CT molecular complexity index is 1040. The van der Waals surface area contributed by atoms with E-state index in [1.807, 2.05) is 61.1 Å². The fourth-order valence-electron chi connectivity index (χ4n) is 3.90. The molecule has 1 unspecified atom stereocenters. The first-order chi connectivity index (χ1) is 13.5. The van der Waals surface area contributed by atoms with Gasteiger partial charge in [0.05, 0.1) is 11.5 Å². The Morgan fingerprint density at radius 2 is 1.96 bits per heavy atom. The van der Waals surface area contributed by atoms with Gasteiger partial charge in [0.25, 0.3) is 5.91 Å². The van der Waals surface area contributed by atoms with Crippen molar-refractivity contribution in [3.8, 4) is 0 Å². The summed E-state index contributed by atoms with van der Waals surface area (Å²) in [7, 11) is 1.94. The van der Waals surface area contributed by atoms with Crippen molar-refractivity contribution in [2.75, 3.05) is 18.4 Å². The molecule has 0 bridgehead atoms. The Labute approximate surface area is 164 Å². The third kappa shape index (κ3) is 3.50. The monoisotopic (exact) mass is 376 g/mol. The van der Waals surface area contributed by atoms with E-state index in [0.717, 1.165) is 29.4 Å². The van der Waals surface area contributed by atoms with E-state index in [4.69, 9.17) is 0 Å². The summed E-state index contributed by atoms with van der Waals surface area (Å²) in [5.74, 6) is 0.244. The van der Waals surface area contributed by atoms with Crippen molar-refractivity contribution in [3.05, 3.63) is 59.9 Å². The van der Waals surface area contributed by atoms with Crippen LogP contribution in [0.1, 0.15) is 28.9 Å². The standard InChI is InChI=1S/C22H24N4O2/c1-15-7-5-11-20(23-15)24-21(27)16-8-6-12-26(13-16)22(28)18-14-25(2)19-10-4-3-9-17(18)19/h3-5,7,9-11,14,16H,6,8,12-13H2,1-2H3,(H,23,24,27). The van der Waals surface area contributed by atoms with Gasteiger partial charge in [-0.25, -0.2) is 4.98 Å². The van der Waals surface area contributed by atoms with Gasteiger partial charge in [-0.15, -0.1) is 0 Å². The zero-order valence-electron chi connectivity index (χ0n) is 16.2. The summed E-state index contributed by atoms with van der Waals surface area (Å²) in [4.78, 5) is 32.0. The fourth-order valence-corrected chi connectivity index (χ4v) is 3.90. The second kappa shape index (κ2) is 7.46.